The van der Waals surface area contributed by atoms with Crippen molar-refractivity contribution >= 4 is 21.9 Å². The van der Waals surface area contributed by atoms with Crippen LogP contribution in [0.15, 0.2) is 35.7 Å². The van der Waals surface area contributed by atoms with E-state index in [4.69, 9.17) is 5.14 Å². The summed E-state index contributed by atoms with van der Waals surface area (Å²) in [7, 11) is -1.65. The summed E-state index contributed by atoms with van der Waals surface area (Å²) in [6.45, 7) is 0. The molecule has 0 aliphatic carbocycles. The lowest BCUT2D eigenvalue weighted by molar-refractivity contribution is 0.219. The van der Waals surface area contributed by atoms with Crippen LogP contribution in [0.1, 0.15) is 37.7 Å². The molecule has 1 aromatic carbocycles. The van der Waals surface area contributed by atoms with Crippen LogP contribution < -0.4 is 15.4 Å². The number of hydrogen-bond acceptors (Lipinski definition) is 7. The van der Waals surface area contributed by atoms with Crippen LogP contribution in [0.25, 0.3) is 17.3 Å². The molecule has 0 unspecified atom stereocenters. The van der Waals surface area contributed by atoms with Gasteiger partial charge in [-0.25, -0.2) is 13.6 Å². The van der Waals surface area contributed by atoms with E-state index in [1.165, 1.54) is 31.4 Å². The molecule has 0 amide bonds. The molecule has 0 saturated carbocycles. The maximum absolute atomic E-state index is 11.0. The summed E-state index contributed by atoms with van der Waals surface area (Å²) in [5.74, 6) is 0.809. The Morgan fingerprint density at radius 3 is 2.50 bits per heavy atom. The first-order valence-corrected chi connectivity index (χ1v) is 11.8. The fourth-order valence-corrected chi connectivity index (χ4v) is 4.78. The standard InChI is InChI=1S/C21H27N5O3S/c1-26(17-12-15-3-2-4-16(13-17)23-15)21-8-7-19(24-25-21)18-6-5-14(11-20(18)27)9-10-30(22,28)29/h5-11,15-17,23,27H,2-4,12-13H2,1H3,(H2,22,28,29)/b10-9+/t15-,16+,17-. The van der Waals surface area contributed by atoms with Crippen molar-refractivity contribution in [3.05, 3.63) is 41.3 Å². The molecule has 2 aliphatic heterocycles. The lowest BCUT2D eigenvalue weighted by Gasteiger charge is -2.43. The van der Waals surface area contributed by atoms with E-state index in [-0.39, 0.29) is 5.75 Å². The molecule has 4 rings (SSSR count). The summed E-state index contributed by atoms with van der Waals surface area (Å²) in [6, 6.07) is 10.2. The monoisotopic (exact) mass is 429 g/mol. The van der Waals surface area contributed by atoms with Crippen LogP contribution >= 0.6 is 0 Å². The smallest absolute Gasteiger partial charge is 0.231 e. The summed E-state index contributed by atoms with van der Waals surface area (Å²) in [5.41, 5.74) is 1.60. The minimum Gasteiger partial charge on any atom is -0.507 e. The quantitative estimate of drug-likeness (QED) is 0.666. The largest absolute Gasteiger partial charge is 0.507 e. The molecule has 2 aliphatic rings. The molecular formula is C21H27N5O3S. The lowest BCUT2D eigenvalue weighted by atomic mass is 9.83. The number of hydrogen-bond donors (Lipinski definition) is 3. The molecule has 160 valence electrons. The third kappa shape index (κ3) is 4.80. The molecule has 9 heteroatoms. The molecule has 1 aromatic heterocycles. The predicted molar refractivity (Wildman–Crippen MR) is 117 cm³/mol. The molecule has 2 saturated heterocycles. The van der Waals surface area contributed by atoms with Gasteiger partial charge in [-0.15, -0.1) is 10.2 Å². The minimum atomic E-state index is -3.72. The summed E-state index contributed by atoms with van der Waals surface area (Å²) in [4.78, 5) is 2.21. The minimum absolute atomic E-state index is 0.00634. The highest BCUT2D eigenvalue weighted by atomic mass is 32.2. The van der Waals surface area contributed by atoms with Crippen LogP contribution in [-0.2, 0) is 10.0 Å². The van der Waals surface area contributed by atoms with Gasteiger partial charge in [0.2, 0.25) is 10.0 Å². The summed E-state index contributed by atoms with van der Waals surface area (Å²) < 4.78 is 22.1. The van der Waals surface area contributed by atoms with Gasteiger partial charge >= 0.3 is 0 Å². The Labute approximate surface area is 176 Å². The van der Waals surface area contributed by atoms with Gasteiger partial charge in [0.05, 0.1) is 5.69 Å². The number of nitrogens with two attached hydrogens (primary N) is 1. The van der Waals surface area contributed by atoms with Crippen molar-refractivity contribution < 1.29 is 13.5 Å². The number of primary sulfonamides is 1. The molecule has 30 heavy (non-hydrogen) atoms. The second-order valence-electron chi connectivity index (χ2n) is 8.17. The van der Waals surface area contributed by atoms with E-state index < -0.39 is 10.0 Å². The number of rotatable bonds is 5. The average Bonchev–Trinajstić information content (AvgIpc) is 2.71. The molecular weight excluding hydrogens is 402 g/mol. The van der Waals surface area contributed by atoms with Crippen molar-refractivity contribution in [2.45, 2.75) is 50.2 Å². The van der Waals surface area contributed by atoms with Gasteiger partial charge in [-0.2, -0.15) is 0 Å². The second kappa shape index (κ2) is 8.33. The number of phenolic OH excluding ortho intramolecular Hbond substituents is 1. The highest BCUT2D eigenvalue weighted by Gasteiger charge is 2.33. The Hall–Kier alpha value is -2.49. The van der Waals surface area contributed by atoms with Crippen LogP contribution in [0.3, 0.4) is 0 Å². The number of fused-ring (bicyclic) bond motifs is 2. The SMILES string of the molecule is CN(c1ccc(-c2ccc(/C=C/S(N)(=O)=O)cc2O)nn1)[C@@H]1C[C@H]2CCC[C@@H](C1)N2. The van der Waals surface area contributed by atoms with Crippen molar-refractivity contribution in [1.29, 1.82) is 0 Å². The lowest BCUT2D eigenvalue weighted by Crippen LogP contribution is -2.54. The highest BCUT2D eigenvalue weighted by molar-refractivity contribution is 7.92. The number of piperidine rings is 2. The third-order valence-electron chi connectivity index (χ3n) is 6.00. The number of sulfonamides is 1. The van der Waals surface area contributed by atoms with E-state index in [0.29, 0.717) is 34.9 Å². The van der Waals surface area contributed by atoms with Crippen molar-refractivity contribution in [2.24, 2.45) is 5.14 Å². The van der Waals surface area contributed by atoms with E-state index in [9.17, 15) is 13.5 Å². The number of nitrogens with zero attached hydrogens (tertiary/aromatic N) is 3. The number of aromatic nitrogens is 2. The molecule has 8 nitrogen and oxygen atoms in total. The number of benzene rings is 1. The second-order valence-corrected chi connectivity index (χ2v) is 9.62. The van der Waals surface area contributed by atoms with Gasteiger partial charge < -0.3 is 15.3 Å². The molecule has 3 heterocycles. The first-order valence-electron chi connectivity index (χ1n) is 10.2. The predicted octanol–water partition coefficient (Wildman–Crippen LogP) is 2.22. The fraction of sp³-hybridized carbons (Fsp3) is 0.429. The average molecular weight is 430 g/mol. The van der Waals surface area contributed by atoms with Gasteiger partial charge in [-0.3, -0.25) is 0 Å². The Morgan fingerprint density at radius 2 is 1.90 bits per heavy atom. The van der Waals surface area contributed by atoms with Crippen LogP contribution in [0.2, 0.25) is 0 Å². The first-order chi connectivity index (χ1) is 14.3. The number of phenols is 1. The van der Waals surface area contributed by atoms with Gasteiger partial charge in [-0.05, 0) is 61.6 Å². The van der Waals surface area contributed by atoms with Gasteiger partial charge in [-0.1, -0.05) is 12.5 Å². The number of aromatic hydroxyl groups is 1. The molecule has 0 spiro atoms. The van der Waals surface area contributed by atoms with Crippen molar-refractivity contribution in [2.75, 3.05) is 11.9 Å². The van der Waals surface area contributed by atoms with Gasteiger partial charge in [0, 0.05) is 36.1 Å². The topological polar surface area (TPSA) is 121 Å². The van der Waals surface area contributed by atoms with Crippen molar-refractivity contribution in [3.63, 3.8) is 0 Å². The Morgan fingerprint density at radius 1 is 1.17 bits per heavy atom. The zero-order valence-electron chi connectivity index (χ0n) is 16.9. The number of nitrogens with one attached hydrogen (secondary N) is 1. The fourth-order valence-electron chi connectivity index (χ4n) is 4.44. The van der Waals surface area contributed by atoms with Crippen LogP contribution in [-0.4, -0.2) is 48.9 Å². The third-order valence-corrected chi connectivity index (χ3v) is 6.51. The summed E-state index contributed by atoms with van der Waals surface area (Å²) >= 11 is 0. The summed E-state index contributed by atoms with van der Waals surface area (Å²) in [5, 5.41) is 28.6. The van der Waals surface area contributed by atoms with E-state index in [1.54, 1.807) is 12.1 Å². The maximum atomic E-state index is 11.0. The Bertz CT molecular complexity index is 1030. The molecule has 2 aromatic rings. The first kappa shape index (κ1) is 20.8. The van der Waals surface area contributed by atoms with Gasteiger partial charge in [0.1, 0.15) is 5.75 Å². The zero-order valence-corrected chi connectivity index (χ0v) is 17.7. The molecule has 2 bridgehead atoms. The van der Waals surface area contributed by atoms with Gasteiger partial charge in [0.25, 0.3) is 0 Å². The Balaban J connectivity index is 1.49. The molecule has 0 radical (unpaired) electrons. The highest BCUT2D eigenvalue weighted by Crippen LogP contribution is 2.32. The van der Waals surface area contributed by atoms with Crippen LogP contribution in [0.5, 0.6) is 5.75 Å². The number of anilines is 1. The molecule has 2 fully saturated rings. The van der Waals surface area contributed by atoms with E-state index in [2.05, 4.69) is 27.5 Å². The van der Waals surface area contributed by atoms with Crippen molar-refractivity contribution in [3.8, 4) is 17.0 Å². The maximum Gasteiger partial charge on any atom is 0.231 e. The molecule has 3 atom stereocenters. The van der Waals surface area contributed by atoms with Crippen LogP contribution in [0, 0.1) is 0 Å². The summed E-state index contributed by atoms with van der Waals surface area (Å²) in [6.07, 6.45) is 7.36. The van der Waals surface area contributed by atoms with Gasteiger partial charge in [0.15, 0.2) is 5.82 Å². The normalized spacial score (nSPS) is 24.1. The van der Waals surface area contributed by atoms with Crippen LogP contribution in [0.4, 0.5) is 5.82 Å². The van der Waals surface area contributed by atoms with E-state index >= 15 is 0 Å². The van der Waals surface area contributed by atoms with Crippen molar-refractivity contribution in [1.82, 2.24) is 15.5 Å². The van der Waals surface area contributed by atoms with E-state index in [0.717, 1.165) is 24.1 Å². The zero-order chi connectivity index (χ0) is 21.3. The molecule has 4 N–H and O–H groups in total. The Kier molecular flexibility index (Phi) is 5.77. The van der Waals surface area contributed by atoms with E-state index in [1.807, 2.05) is 12.1 Å².